The number of amides is 1. The number of aromatic nitrogens is 3. The first-order valence-electron chi connectivity index (χ1n) is 13.1. The quantitative estimate of drug-likeness (QED) is 0.428. The topological polar surface area (TPSA) is 97.3 Å². The Morgan fingerprint density at radius 2 is 1.98 bits per heavy atom. The van der Waals surface area contributed by atoms with Crippen LogP contribution in [0.1, 0.15) is 46.0 Å². The van der Waals surface area contributed by atoms with Crippen LogP contribution in [0.5, 0.6) is 0 Å². The highest BCUT2D eigenvalue weighted by atomic mass is 35.5. The van der Waals surface area contributed by atoms with E-state index in [1.54, 1.807) is 52.0 Å². The summed E-state index contributed by atoms with van der Waals surface area (Å²) in [4.78, 5) is 39.0. The fourth-order valence-electron chi connectivity index (χ4n) is 4.49. The number of carbonyl (C=O) groups excluding carboxylic acids is 2. The number of ether oxygens (including phenoxy) is 1. The number of nitrogens with one attached hydrogen (secondary N) is 1. The molecule has 8 nitrogen and oxygen atoms in total. The van der Waals surface area contributed by atoms with E-state index < -0.39 is 29.3 Å². The highest BCUT2D eigenvalue weighted by molar-refractivity contribution is 6.33. The number of hydrogen-bond acceptors (Lipinski definition) is 7. The molecule has 40 heavy (non-hydrogen) atoms. The average Bonchev–Trinajstić information content (AvgIpc) is 2.92. The Hall–Kier alpha value is -4.40. The van der Waals surface area contributed by atoms with E-state index in [9.17, 15) is 18.4 Å². The fourth-order valence-corrected chi connectivity index (χ4v) is 4.71. The van der Waals surface area contributed by atoms with E-state index in [2.05, 4.69) is 15.3 Å². The standard InChI is InChI=1S/C29H24ClF2N5O3/c1-15-10-33-21(20-6-5-17-11-35-28(39)29(3,4)27(17)36-20)9-23(15)37-16(2)7-25(26(30)24(37)13-38)40-14-22-19(32)8-18(31)12-34-22/h5-10,12H,11,14H2,1-4H3,(H,35,39)/i14D2. The van der Waals surface area contributed by atoms with Gasteiger partial charge < -0.3 is 15.0 Å². The van der Waals surface area contributed by atoms with E-state index in [-0.39, 0.29) is 22.4 Å². The predicted molar refractivity (Wildman–Crippen MR) is 144 cm³/mol. The molecular formula is C29H24ClF2N5O3. The van der Waals surface area contributed by atoms with Crippen molar-refractivity contribution in [3.05, 3.63) is 99.1 Å². The van der Waals surface area contributed by atoms with Crippen molar-refractivity contribution in [1.29, 1.82) is 0 Å². The Morgan fingerprint density at radius 1 is 1.20 bits per heavy atom. The van der Waals surface area contributed by atoms with Crippen molar-refractivity contribution in [2.24, 2.45) is 0 Å². The molecule has 204 valence electrons. The number of halogens is 3. The number of anilines is 1. The molecule has 0 radical (unpaired) electrons. The Labute approximate surface area is 236 Å². The lowest BCUT2D eigenvalue weighted by molar-refractivity contribution is -0.126. The van der Waals surface area contributed by atoms with Gasteiger partial charge in [-0.1, -0.05) is 17.7 Å². The second kappa shape index (κ2) is 10.3. The van der Waals surface area contributed by atoms with Gasteiger partial charge in [0, 0.05) is 30.6 Å². The van der Waals surface area contributed by atoms with Crippen LogP contribution in [0, 0.1) is 18.6 Å². The zero-order valence-electron chi connectivity index (χ0n) is 23.9. The molecule has 0 fully saturated rings. The Kier molecular flexibility index (Phi) is 6.34. The maximum atomic E-state index is 14.3. The summed E-state index contributed by atoms with van der Waals surface area (Å²) in [5.41, 5.74) is 2.27. The summed E-state index contributed by atoms with van der Waals surface area (Å²) in [6.07, 6.45) is 3.64. The van der Waals surface area contributed by atoms with E-state index in [1.807, 2.05) is 6.07 Å². The smallest absolute Gasteiger partial charge is 0.231 e. The molecular weight excluding hydrogens is 540 g/mol. The molecule has 0 aromatic carbocycles. The highest BCUT2D eigenvalue weighted by Crippen LogP contribution is 2.39. The number of carbonyl (C=O) groups is 1. The summed E-state index contributed by atoms with van der Waals surface area (Å²) in [6, 6.07) is 5.88. The van der Waals surface area contributed by atoms with E-state index in [0.29, 0.717) is 52.8 Å². The summed E-state index contributed by atoms with van der Waals surface area (Å²) in [5.74, 6) is -0.845. The van der Waals surface area contributed by atoms with E-state index in [1.165, 1.54) is 11.0 Å². The zero-order chi connectivity index (χ0) is 30.6. The fraction of sp³-hybridized carbons (Fsp3) is 0.241. The molecule has 0 atom stereocenters. The molecule has 0 unspecified atom stereocenters. The molecule has 0 saturated carbocycles. The maximum Gasteiger partial charge on any atom is 0.231 e. The minimum Gasteiger partial charge on any atom is -0.485 e. The second-order valence-corrected chi connectivity index (χ2v) is 10.2. The van der Waals surface area contributed by atoms with Crippen molar-refractivity contribution in [2.45, 2.75) is 46.2 Å². The predicted octanol–water partition coefficient (Wildman–Crippen LogP) is 5.14. The SMILES string of the molecule is [2H]C([2H])(OC1=C(Cl)C(=C=O)N(c2cc(-c3ccc4c(n3)C(C)(C)C(=O)NC4)ncc2C)C(C)=C1)c1ncc(F)cc1F. The molecule has 0 saturated heterocycles. The largest absolute Gasteiger partial charge is 0.485 e. The lowest BCUT2D eigenvalue weighted by Crippen LogP contribution is -2.45. The van der Waals surface area contributed by atoms with Crippen LogP contribution in [0.25, 0.3) is 11.4 Å². The van der Waals surface area contributed by atoms with Gasteiger partial charge in [0.05, 0.1) is 37.1 Å². The third-order valence-corrected chi connectivity index (χ3v) is 7.02. The summed E-state index contributed by atoms with van der Waals surface area (Å²) in [6.45, 7) is 4.52. The molecule has 0 aliphatic carbocycles. The average molecular weight is 566 g/mol. The molecule has 2 aliphatic heterocycles. The van der Waals surface area contributed by atoms with Gasteiger partial charge >= 0.3 is 0 Å². The second-order valence-electron chi connectivity index (χ2n) is 9.81. The number of hydrogen-bond donors (Lipinski definition) is 1. The molecule has 0 spiro atoms. The van der Waals surface area contributed by atoms with Crippen LogP contribution in [0.2, 0.25) is 0 Å². The lowest BCUT2D eigenvalue weighted by Gasteiger charge is -2.32. The van der Waals surface area contributed by atoms with Gasteiger partial charge in [-0.15, -0.1) is 0 Å². The van der Waals surface area contributed by atoms with E-state index >= 15 is 0 Å². The lowest BCUT2D eigenvalue weighted by atomic mass is 9.82. The van der Waals surface area contributed by atoms with Crippen molar-refractivity contribution in [3.63, 3.8) is 0 Å². The minimum atomic E-state index is -2.86. The third-order valence-electron chi connectivity index (χ3n) is 6.66. The van der Waals surface area contributed by atoms with Gasteiger partial charge in [-0.25, -0.2) is 18.6 Å². The monoisotopic (exact) mass is 565 g/mol. The molecule has 3 aromatic rings. The normalized spacial score (nSPS) is 17.4. The van der Waals surface area contributed by atoms with Gasteiger partial charge in [-0.05, 0) is 51.0 Å². The number of fused-ring (bicyclic) bond motifs is 1. The van der Waals surface area contributed by atoms with Crippen LogP contribution < -0.4 is 10.2 Å². The number of allylic oxidation sites excluding steroid dienone is 3. The van der Waals surface area contributed by atoms with Crippen LogP contribution in [0.4, 0.5) is 14.5 Å². The van der Waals surface area contributed by atoms with E-state index in [4.69, 9.17) is 24.1 Å². The molecule has 5 heterocycles. The molecule has 3 aromatic heterocycles. The van der Waals surface area contributed by atoms with Crippen LogP contribution in [-0.4, -0.2) is 26.8 Å². The number of nitrogens with zero attached hydrogens (tertiary/aromatic N) is 4. The Morgan fingerprint density at radius 3 is 2.70 bits per heavy atom. The first kappa shape index (κ1) is 24.6. The van der Waals surface area contributed by atoms with Crippen LogP contribution in [0.3, 0.4) is 0 Å². The molecule has 2 aliphatic rings. The van der Waals surface area contributed by atoms with Gasteiger partial charge in [0.2, 0.25) is 5.91 Å². The minimum absolute atomic E-state index is 0.131. The summed E-state index contributed by atoms with van der Waals surface area (Å²) in [7, 11) is 0. The molecule has 5 rings (SSSR count). The number of rotatable bonds is 5. The Bertz CT molecular complexity index is 1770. The van der Waals surface area contributed by atoms with Crippen molar-refractivity contribution >= 4 is 29.1 Å². The number of pyridine rings is 3. The first-order chi connectivity index (χ1) is 19.7. The first-order valence-corrected chi connectivity index (χ1v) is 12.5. The zero-order valence-corrected chi connectivity index (χ0v) is 22.7. The summed E-state index contributed by atoms with van der Waals surface area (Å²) >= 11 is 6.51. The molecule has 0 bridgehead atoms. The molecule has 1 N–H and O–H groups in total. The van der Waals surface area contributed by atoms with Gasteiger partial charge in [0.1, 0.15) is 28.9 Å². The maximum absolute atomic E-state index is 14.3. The third kappa shape index (κ3) is 4.76. The molecule has 11 heteroatoms. The van der Waals surface area contributed by atoms with Gasteiger partial charge in [-0.3, -0.25) is 14.8 Å². The van der Waals surface area contributed by atoms with Gasteiger partial charge in [-0.2, -0.15) is 0 Å². The van der Waals surface area contributed by atoms with Crippen molar-refractivity contribution < 1.29 is 25.8 Å². The van der Waals surface area contributed by atoms with Crippen LogP contribution >= 0.6 is 11.6 Å². The van der Waals surface area contributed by atoms with Crippen molar-refractivity contribution in [3.8, 4) is 11.4 Å². The van der Waals surface area contributed by atoms with E-state index in [0.717, 1.165) is 5.56 Å². The number of aryl methyl sites for hydroxylation is 1. The van der Waals surface area contributed by atoms with Gasteiger partial charge in [0.15, 0.2) is 17.5 Å². The molecule has 1 amide bonds. The van der Waals surface area contributed by atoms with Gasteiger partial charge in [0.25, 0.3) is 0 Å². The highest BCUT2D eigenvalue weighted by Gasteiger charge is 2.37. The van der Waals surface area contributed by atoms with Crippen molar-refractivity contribution in [1.82, 2.24) is 20.3 Å². The van der Waals surface area contributed by atoms with Crippen LogP contribution in [-0.2, 0) is 32.8 Å². The summed E-state index contributed by atoms with van der Waals surface area (Å²) < 4.78 is 49.4. The summed E-state index contributed by atoms with van der Waals surface area (Å²) in [5, 5.41) is 2.57. The van der Waals surface area contributed by atoms with Crippen LogP contribution in [0.15, 0.2) is 64.9 Å². The Balaban J connectivity index is 1.52. The van der Waals surface area contributed by atoms with Crippen molar-refractivity contribution in [2.75, 3.05) is 4.90 Å².